The van der Waals surface area contributed by atoms with E-state index in [0.717, 1.165) is 50.0 Å². The SMILES string of the molecule is O=Cc1ccc(-n2ccc(CCCOC3CCCCO3)n2)cc1. The van der Waals surface area contributed by atoms with E-state index in [9.17, 15) is 4.79 Å². The minimum absolute atomic E-state index is 0.0161. The largest absolute Gasteiger partial charge is 0.353 e. The van der Waals surface area contributed by atoms with Crippen LogP contribution in [0.5, 0.6) is 0 Å². The van der Waals surface area contributed by atoms with Crippen molar-refractivity contribution >= 4 is 6.29 Å². The third kappa shape index (κ3) is 4.50. The van der Waals surface area contributed by atoms with Gasteiger partial charge < -0.3 is 9.47 Å². The van der Waals surface area contributed by atoms with Gasteiger partial charge in [-0.05, 0) is 62.4 Å². The van der Waals surface area contributed by atoms with Crippen LogP contribution in [0.3, 0.4) is 0 Å². The standard InChI is InChI=1S/C18H22N2O3/c21-14-15-6-8-17(9-7-15)20-11-10-16(19-20)4-3-13-23-18-5-1-2-12-22-18/h6-11,14,18H,1-5,12-13H2. The van der Waals surface area contributed by atoms with Gasteiger partial charge in [-0.3, -0.25) is 4.79 Å². The molecule has 1 unspecified atom stereocenters. The first kappa shape index (κ1) is 15.9. The number of hydrogen-bond donors (Lipinski definition) is 0. The summed E-state index contributed by atoms with van der Waals surface area (Å²) >= 11 is 0. The third-order valence-electron chi connectivity index (χ3n) is 3.96. The Morgan fingerprint density at radius 3 is 2.87 bits per heavy atom. The normalized spacial score (nSPS) is 18.0. The van der Waals surface area contributed by atoms with Crippen LogP contribution >= 0.6 is 0 Å². The minimum Gasteiger partial charge on any atom is -0.353 e. The van der Waals surface area contributed by atoms with Crippen molar-refractivity contribution in [1.82, 2.24) is 9.78 Å². The molecule has 0 spiro atoms. The van der Waals surface area contributed by atoms with Gasteiger partial charge >= 0.3 is 0 Å². The van der Waals surface area contributed by atoms with Crippen molar-refractivity contribution in [2.75, 3.05) is 13.2 Å². The maximum Gasteiger partial charge on any atom is 0.157 e. The summed E-state index contributed by atoms with van der Waals surface area (Å²) in [6.45, 7) is 1.52. The second-order valence-corrected chi connectivity index (χ2v) is 5.73. The van der Waals surface area contributed by atoms with E-state index in [1.165, 1.54) is 6.42 Å². The number of nitrogens with zero attached hydrogens (tertiary/aromatic N) is 2. The molecule has 3 rings (SSSR count). The van der Waals surface area contributed by atoms with Gasteiger partial charge in [-0.25, -0.2) is 4.68 Å². The molecule has 1 aromatic carbocycles. The van der Waals surface area contributed by atoms with Crippen LogP contribution in [0, 0.1) is 0 Å². The second kappa shape index (κ2) is 8.04. The van der Waals surface area contributed by atoms with Crippen LogP contribution < -0.4 is 0 Å². The Hall–Kier alpha value is -1.98. The fourth-order valence-electron chi connectivity index (χ4n) is 2.66. The second-order valence-electron chi connectivity index (χ2n) is 5.73. The van der Waals surface area contributed by atoms with E-state index in [1.807, 2.05) is 29.1 Å². The van der Waals surface area contributed by atoms with Crippen molar-refractivity contribution in [3.05, 3.63) is 47.8 Å². The number of aldehydes is 1. The van der Waals surface area contributed by atoms with Gasteiger partial charge in [-0.1, -0.05) is 0 Å². The fraction of sp³-hybridized carbons (Fsp3) is 0.444. The summed E-state index contributed by atoms with van der Waals surface area (Å²) in [4.78, 5) is 10.7. The minimum atomic E-state index is -0.0161. The number of aryl methyl sites for hydroxylation is 1. The molecule has 0 radical (unpaired) electrons. The quantitative estimate of drug-likeness (QED) is 0.582. The van der Waals surface area contributed by atoms with Crippen LogP contribution in [0.4, 0.5) is 0 Å². The van der Waals surface area contributed by atoms with Crippen molar-refractivity contribution in [3.63, 3.8) is 0 Å². The first-order valence-corrected chi connectivity index (χ1v) is 8.18. The molecule has 23 heavy (non-hydrogen) atoms. The number of ether oxygens (including phenoxy) is 2. The smallest absolute Gasteiger partial charge is 0.157 e. The molecule has 0 bridgehead atoms. The molecule has 0 amide bonds. The molecule has 1 aliphatic heterocycles. The zero-order valence-electron chi connectivity index (χ0n) is 13.2. The summed E-state index contributed by atoms with van der Waals surface area (Å²) in [5.41, 5.74) is 2.66. The predicted octanol–water partition coefficient (Wildman–Crippen LogP) is 3.16. The van der Waals surface area contributed by atoms with Crippen LogP contribution in [-0.2, 0) is 15.9 Å². The summed E-state index contributed by atoms with van der Waals surface area (Å²) in [6.07, 6.45) is 7.92. The van der Waals surface area contributed by atoms with Crippen LogP contribution in [0.1, 0.15) is 41.7 Å². The molecule has 1 aromatic heterocycles. The van der Waals surface area contributed by atoms with Gasteiger partial charge in [0.15, 0.2) is 6.29 Å². The summed E-state index contributed by atoms with van der Waals surface area (Å²) in [6, 6.07) is 9.39. The lowest BCUT2D eigenvalue weighted by atomic mass is 10.2. The Morgan fingerprint density at radius 2 is 2.13 bits per heavy atom. The molecule has 5 heteroatoms. The van der Waals surface area contributed by atoms with E-state index in [4.69, 9.17) is 9.47 Å². The van der Waals surface area contributed by atoms with Gasteiger partial charge in [0.2, 0.25) is 0 Å². The fourth-order valence-corrected chi connectivity index (χ4v) is 2.66. The number of rotatable bonds is 7. The van der Waals surface area contributed by atoms with Crippen LogP contribution in [-0.4, -0.2) is 35.6 Å². The Labute approximate surface area is 136 Å². The van der Waals surface area contributed by atoms with Gasteiger partial charge in [-0.2, -0.15) is 5.10 Å². The van der Waals surface area contributed by atoms with Gasteiger partial charge in [-0.15, -0.1) is 0 Å². The third-order valence-corrected chi connectivity index (χ3v) is 3.96. The number of benzene rings is 1. The lowest BCUT2D eigenvalue weighted by Gasteiger charge is -2.22. The Kier molecular flexibility index (Phi) is 5.56. The van der Waals surface area contributed by atoms with E-state index in [1.54, 1.807) is 12.1 Å². The summed E-state index contributed by atoms with van der Waals surface area (Å²) in [7, 11) is 0. The van der Waals surface area contributed by atoms with E-state index in [0.29, 0.717) is 12.2 Å². The molecule has 2 heterocycles. The maximum absolute atomic E-state index is 10.7. The summed E-state index contributed by atoms with van der Waals surface area (Å²) in [5, 5.41) is 4.56. The summed E-state index contributed by atoms with van der Waals surface area (Å²) < 4.78 is 13.1. The topological polar surface area (TPSA) is 53.4 Å². The van der Waals surface area contributed by atoms with Crippen molar-refractivity contribution in [2.24, 2.45) is 0 Å². The highest BCUT2D eigenvalue weighted by Crippen LogP contribution is 2.14. The Morgan fingerprint density at radius 1 is 1.26 bits per heavy atom. The monoisotopic (exact) mass is 314 g/mol. The van der Waals surface area contributed by atoms with Crippen molar-refractivity contribution in [3.8, 4) is 5.69 Å². The highest BCUT2D eigenvalue weighted by molar-refractivity contribution is 5.75. The number of carbonyl (C=O) groups is 1. The van der Waals surface area contributed by atoms with Gasteiger partial charge in [0, 0.05) is 18.4 Å². The molecule has 0 N–H and O–H groups in total. The molecule has 2 aromatic rings. The average Bonchev–Trinajstić information content (AvgIpc) is 3.09. The number of aromatic nitrogens is 2. The lowest BCUT2D eigenvalue weighted by Crippen LogP contribution is -2.22. The highest BCUT2D eigenvalue weighted by Gasteiger charge is 2.13. The Balaban J connectivity index is 1.46. The molecule has 0 saturated carbocycles. The lowest BCUT2D eigenvalue weighted by molar-refractivity contribution is -0.162. The molecule has 122 valence electrons. The van der Waals surface area contributed by atoms with E-state index in [2.05, 4.69) is 5.10 Å². The number of carbonyl (C=O) groups excluding carboxylic acids is 1. The van der Waals surface area contributed by atoms with Crippen LogP contribution in [0.15, 0.2) is 36.5 Å². The molecule has 1 fully saturated rings. The van der Waals surface area contributed by atoms with Crippen LogP contribution in [0.2, 0.25) is 0 Å². The van der Waals surface area contributed by atoms with E-state index >= 15 is 0 Å². The predicted molar refractivity (Wildman–Crippen MR) is 86.8 cm³/mol. The maximum atomic E-state index is 10.7. The van der Waals surface area contributed by atoms with Crippen molar-refractivity contribution in [2.45, 2.75) is 38.4 Å². The van der Waals surface area contributed by atoms with E-state index < -0.39 is 0 Å². The van der Waals surface area contributed by atoms with E-state index in [-0.39, 0.29) is 6.29 Å². The first-order valence-electron chi connectivity index (χ1n) is 8.18. The molecule has 1 aliphatic rings. The molecule has 1 saturated heterocycles. The van der Waals surface area contributed by atoms with Crippen LogP contribution in [0.25, 0.3) is 5.69 Å². The molecule has 1 atom stereocenters. The first-order chi connectivity index (χ1) is 11.3. The zero-order valence-corrected chi connectivity index (χ0v) is 13.2. The van der Waals surface area contributed by atoms with Gasteiger partial charge in [0.05, 0.1) is 18.0 Å². The zero-order chi connectivity index (χ0) is 15.9. The van der Waals surface area contributed by atoms with Crippen molar-refractivity contribution < 1.29 is 14.3 Å². The molecular weight excluding hydrogens is 292 g/mol. The highest BCUT2D eigenvalue weighted by atomic mass is 16.7. The van der Waals surface area contributed by atoms with Gasteiger partial charge in [0.1, 0.15) is 6.29 Å². The van der Waals surface area contributed by atoms with Crippen molar-refractivity contribution in [1.29, 1.82) is 0 Å². The average molecular weight is 314 g/mol. The number of hydrogen-bond acceptors (Lipinski definition) is 4. The molecule has 0 aliphatic carbocycles. The molecular formula is C18H22N2O3. The molecule has 5 nitrogen and oxygen atoms in total. The Bertz CT molecular complexity index is 615. The van der Waals surface area contributed by atoms with Gasteiger partial charge in [0.25, 0.3) is 0 Å². The summed E-state index contributed by atoms with van der Waals surface area (Å²) in [5.74, 6) is 0.